The lowest BCUT2D eigenvalue weighted by atomic mass is 9.84. The predicted octanol–water partition coefficient (Wildman–Crippen LogP) is 3.28. The summed E-state index contributed by atoms with van der Waals surface area (Å²) in [5, 5.41) is 11.9. The van der Waals surface area contributed by atoms with Crippen LogP contribution in [-0.2, 0) is 11.3 Å². The van der Waals surface area contributed by atoms with Crippen LogP contribution in [0.3, 0.4) is 0 Å². The number of carbonyl (C=O) groups is 2. The second-order valence-corrected chi connectivity index (χ2v) is 7.50. The molecule has 1 unspecified atom stereocenters. The number of halogens is 1. The molecule has 0 radical (unpaired) electrons. The topological polar surface area (TPSA) is 82.3 Å². The number of benzene rings is 1. The van der Waals surface area contributed by atoms with Crippen LogP contribution in [0.15, 0.2) is 24.3 Å². The number of nitrogens with one attached hydrogen (secondary N) is 4. The van der Waals surface area contributed by atoms with Gasteiger partial charge in [-0.05, 0) is 69.3 Å². The fraction of sp³-hybridized carbons (Fsp3) is 0.600. The summed E-state index contributed by atoms with van der Waals surface area (Å²) < 4.78 is 0. The van der Waals surface area contributed by atoms with Gasteiger partial charge >= 0.3 is 6.03 Å². The Morgan fingerprint density at radius 2 is 1.74 bits per heavy atom. The largest absolute Gasteiger partial charge is 0.352 e. The summed E-state index contributed by atoms with van der Waals surface area (Å²) in [7, 11) is 0. The molecule has 1 fully saturated rings. The molecule has 0 bridgehead atoms. The summed E-state index contributed by atoms with van der Waals surface area (Å²) in [6.07, 6.45) is 2.90. The van der Waals surface area contributed by atoms with Crippen molar-refractivity contribution in [2.45, 2.75) is 52.6 Å². The van der Waals surface area contributed by atoms with Crippen molar-refractivity contribution in [3.8, 4) is 0 Å². The molecule has 7 heteroatoms. The van der Waals surface area contributed by atoms with E-state index in [9.17, 15) is 9.59 Å². The van der Waals surface area contributed by atoms with Gasteiger partial charge in [-0.3, -0.25) is 4.79 Å². The van der Waals surface area contributed by atoms with Crippen LogP contribution in [0.1, 0.15) is 45.6 Å². The van der Waals surface area contributed by atoms with Crippen molar-refractivity contribution in [3.63, 3.8) is 0 Å². The van der Waals surface area contributed by atoms with Crippen LogP contribution < -0.4 is 21.3 Å². The minimum Gasteiger partial charge on any atom is -0.352 e. The molecule has 0 aliphatic carbocycles. The highest BCUT2D eigenvalue weighted by molar-refractivity contribution is 5.89. The summed E-state index contributed by atoms with van der Waals surface area (Å²) in [5.41, 5.74) is 1.75. The van der Waals surface area contributed by atoms with Gasteiger partial charge in [0.15, 0.2) is 0 Å². The molecular weight excluding hydrogens is 364 g/mol. The van der Waals surface area contributed by atoms with E-state index in [-0.39, 0.29) is 30.4 Å². The highest BCUT2D eigenvalue weighted by Gasteiger charge is 2.21. The standard InChI is InChI=1S/C20H32N4O2.ClH/c1-14(2)23-20(26)24-18-6-4-16(5-7-18)13-22-19(25)12-15(3)17-8-10-21-11-9-17;/h4-7,14-15,17,21H,8-13H2,1-3H3,(H,22,25)(H2,23,24,26);1H. The van der Waals surface area contributed by atoms with Gasteiger partial charge in [0, 0.05) is 24.7 Å². The first-order valence-electron chi connectivity index (χ1n) is 9.58. The smallest absolute Gasteiger partial charge is 0.319 e. The van der Waals surface area contributed by atoms with Gasteiger partial charge in [-0.2, -0.15) is 0 Å². The predicted molar refractivity (Wildman–Crippen MR) is 112 cm³/mol. The second kappa shape index (κ2) is 11.8. The zero-order valence-corrected chi connectivity index (χ0v) is 17.3. The summed E-state index contributed by atoms with van der Waals surface area (Å²) in [6, 6.07) is 7.41. The molecule has 6 nitrogen and oxygen atoms in total. The lowest BCUT2D eigenvalue weighted by Crippen LogP contribution is -2.34. The molecule has 1 aliphatic rings. The van der Waals surface area contributed by atoms with E-state index in [4.69, 9.17) is 0 Å². The second-order valence-electron chi connectivity index (χ2n) is 7.50. The molecule has 0 aromatic heterocycles. The maximum atomic E-state index is 12.2. The Bertz CT molecular complexity index is 586. The van der Waals surface area contributed by atoms with E-state index >= 15 is 0 Å². The molecule has 4 N–H and O–H groups in total. The van der Waals surface area contributed by atoms with Crippen LogP contribution in [0.5, 0.6) is 0 Å². The minimum atomic E-state index is -0.215. The Balaban J connectivity index is 0.00000364. The number of urea groups is 1. The van der Waals surface area contributed by atoms with Gasteiger partial charge < -0.3 is 21.3 Å². The number of hydrogen-bond donors (Lipinski definition) is 4. The molecule has 152 valence electrons. The fourth-order valence-corrected chi connectivity index (χ4v) is 3.28. The summed E-state index contributed by atoms with van der Waals surface area (Å²) in [4.78, 5) is 23.9. The molecule has 1 aromatic carbocycles. The first kappa shape index (κ1) is 23.2. The van der Waals surface area contributed by atoms with E-state index in [1.807, 2.05) is 38.1 Å². The molecule has 0 saturated carbocycles. The van der Waals surface area contributed by atoms with Crippen LogP contribution in [0, 0.1) is 11.8 Å². The Kier molecular flexibility index (Phi) is 10.2. The van der Waals surface area contributed by atoms with Gasteiger partial charge in [-0.25, -0.2) is 4.79 Å². The van der Waals surface area contributed by atoms with Crippen molar-refractivity contribution >= 4 is 30.0 Å². The third kappa shape index (κ3) is 8.63. The number of amides is 3. The van der Waals surface area contributed by atoms with E-state index in [0.29, 0.717) is 24.8 Å². The highest BCUT2D eigenvalue weighted by atomic mass is 35.5. The normalized spacial score (nSPS) is 15.6. The quantitative estimate of drug-likeness (QED) is 0.570. The SMILES string of the molecule is CC(C)NC(=O)Nc1ccc(CNC(=O)CC(C)C2CCNCC2)cc1.Cl. The van der Waals surface area contributed by atoms with Gasteiger partial charge in [0.2, 0.25) is 5.91 Å². The van der Waals surface area contributed by atoms with E-state index in [2.05, 4.69) is 28.2 Å². The highest BCUT2D eigenvalue weighted by Crippen LogP contribution is 2.24. The van der Waals surface area contributed by atoms with Crippen molar-refractivity contribution in [1.82, 2.24) is 16.0 Å². The van der Waals surface area contributed by atoms with E-state index < -0.39 is 0 Å². The Morgan fingerprint density at radius 1 is 1.11 bits per heavy atom. The molecule has 1 aromatic rings. The number of carbonyl (C=O) groups excluding carboxylic acids is 2. The lowest BCUT2D eigenvalue weighted by molar-refractivity contribution is -0.122. The minimum absolute atomic E-state index is 0. The third-order valence-electron chi connectivity index (χ3n) is 4.82. The number of anilines is 1. The zero-order chi connectivity index (χ0) is 18.9. The first-order chi connectivity index (χ1) is 12.4. The Morgan fingerprint density at radius 3 is 2.33 bits per heavy atom. The Labute approximate surface area is 168 Å². The first-order valence-corrected chi connectivity index (χ1v) is 9.58. The average molecular weight is 397 g/mol. The molecule has 1 heterocycles. The van der Waals surface area contributed by atoms with Gasteiger partial charge in [-0.15, -0.1) is 12.4 Å². The molecule has 3 amide bonds. The molecule has 0 spiro atoms. The van der Waals surface area contributed by atoms with E-state index in [0.717, 1.165) is 37.2 Å². The molecule has 1 saturated heterocycles. The van der Waals surface area contributed by atoms with Crippen LogP contribution in [0.2, 0.25) is 0 Å². The zero-order valence-electron chi connectivity index (χ0n) is 16.5. The van der Waals surface area contributed by atoms with Crippen molar-refractivity contribution in [2.24, 2.45) is 11.8 Å². The van der Waals surface area contributed by atoms with Crippen LogP contribution in [-0.4, -0.2) is 31.1 Å². The Hall–Kier alpha value is -1.79. The van der Waals surface area contributed by atoms with Gasteiger partial charge in [0.05, 0.1) is 0 Å². The number of rotatable bonds is 7. The maximum Gasteiger partial charge on any atom is 0.319 e. The van der Waals surface area contributed by atoms with Gasteiger partial charge in [-0.1, -0.05) is 19.1 Å². The van der Waals surface area contributed by atoms with Crippen molar-refractivity contribution < 1.29 is 9.59 Å². The molecule has 27 heavy (non-hydrogen) atoms. The maximum absolute atomic E-state index is 12.2. The lowest BCUT2D eigenvalue weighted by Gasteiger charge is -2.27. The molecule has 1 aliphatic heterocycles. The van der Waals surface area contributed by atoms with Crippen molar-refractivity contribution in [3.05, 3.63) is 29.8 Å². The summed E-state index contributed by atoms with van der Waals surface area (Å²) in [5.74, 6) is 1.17. The van der Waals surface area contributed by atoms with Gasteiger partial charge in [0.1, 0.15) is 0 Å². The van der Waals surface area contributed by atoms with Crippen molar-refractivity contribution in [2.75, 3.05) is 18.4 Å². The third-order valence-corrected chi connectivity index (χ3v) is 4.82. The van der Waals surface area contributed by atoms with Crippen LogP contribution in [0.25, 0.3) is 0 Å². The molecule has 2 rings (SSSR count). The van der Waals surface area contributed by atoms with Gasteiger partial charge in [0.25, 0.3) is 0 Å². The monoisotopic (exact) mass is 396 g/mol. The van der Waals surface area contributed by atoms with Crippen molar-refractivity contribution in [1.29, 1.82) is 0 Å². The van der Waals surface area contributed by atoms with Crippen LogP contribution in [0.4, 0.5) is 10.5 Å². The summed E-state index contributed by atoms with van der Waals surface area (Å²) >= 11 is 0. The molecule has 1 atom stereocenters. The summed E-state index contributed by atoms with van der Waals surface area (Å²) in [6.45, 7) is 8.64. The average Bonchev–Trinajstić information content (AvgIpc) is 2.61. The number of piperidine rings is 1. The number of hydrogen-bond acceptors (Lipinski definition) is 3. The fourth-order valence-electron chi connectivity index (χ4n) is 3.28. The van der Waals surface area contributed by atoms with Crippen LogP contribution >= 0.6 is 12.4 Å². The van der Waals surface area contributed by atoms with E-state index in [1.165, 1.54) is 0 Å². The molecular formula is C20H33ClN4O2. The van der Waals surface area contributed by atoms with E-state index in [1.54, 1.807) is 0 Å².